The van der Waals surface area contributed by atoms with E-state index in [1.165, 1.54) is 0 Å². The lowest BCUT2D eigenvalue weighted by Gasteiger charge is -2.15. The van der Waals surface area contributed by atoms with E-state index in [1.54, 1.807) is 0 Å². The molecule has 0 bridgehead atoms. The summed E-state index contributed by atoms with van der Waals surface area (Å²) in [4.78, 5) is 11.6. The molecule has 0 heterocycles. The highest BCUT2D eigenvalue weighted by molar-refractivity contribution is 5.77. The fourth-order valence-electron chi connectivity index (χ4n) is 1.55. The van der Waals surface area contributed by atoms with Gasteiger partial charge >= 0.3 is 0 Å². The first kappa shape index (κ1) is 14.5. The predicted molar refractivity (Wildman–Crippen MR) is 70.7 cm³/mol. The molecule has 1 aromatic carbocycles. The van der Waals surface area contributed by atoms with Gasteiger partial charge in [0.15, 0.2) is 6.61 Å². The normalized spacial score (nSPS) is 12.0. The lowest BCUT2D eigenvalue weighted by atomic mass is 10.1. The van der Waals surface area contributed by atoms with Gasteiger partial charge in [-0.1, -0.05) is 19.1 Å². The van der Waals surface area contributed by atoms with Crippen molar-refractivity contribution >= 4 is 5.91 Å². The zero-order valence-electron chi connectivity index (χ0n) is 11.2. The molecular formula is C14H21NO3. The summed E-state index contributed by atoms with van der Waals surface area (Å²) in [7, 11) is 0. The second-order valence-corrected chi connectivity index (χ2v) is 4.41. The zero-order chi connectivity index (χ0) is 13.5. The van der Waals surface area contributed by atoms with Gasteiger partial charge in [-0.25, -0.2) is 0 Å². The average molecular weight is 251 g/mol. The van der Waals surface area contributed by atoms with E-state index in [0.29, 0.717) is 6.42 Å². The number of carbonyl (C=O) groups excluding carboxylic acids is 1. The minimum Gasteiger partial charge on any atom is -0.483 e. The van der Waals surface area contributed by atoms with E-state index < -0.39 is 0 Å². The van der Waals surface area contributed by atoms with Crippen LogP contribution in [0.4, 0.5) is 0 Å². The van der Waals surface area contributed by atoms with Crippen LogP contribution in [0.3, 0.4) is 0 Å². The van der Waals surface area contributed by atoms with Gasteiger partial charge < -0.3 is 15.2 Å². The Hall–Kier alpha value is -1.55. The number of aliphatic hydroxyl groups is 1. The van der Waals surface area contributed by atoms with Crippen LogP contribution in [-0.4, -0.2) is 30.3 Å². The molecule has 1 amide bonds. The van der Waals surface area contributed by atoms with Gasteiger partial charge in [-0.15, -0.1) is 0 Å². The van der Waals surface area contributed by atoms with E-state index >= 15 is 0 Å². The SMILES string of the molecule is CC[C@@H](CO)NC(=O)COc1cc(C)ccc1C. The molecule has 0 fully saturated rings. The maximum absolute atomic E-state index is 11.6. The molecule has 0 unspecified atom stereocenters. The fraction of sp³-hybridized carbons (Fsp3) is 0.500. The molecule has 0 aliphatic rings. The van der Waals surface area contributed by atoms with E-state index in [-0.39, 0.29) is 25.2 Å². The van der Waals surface area contributed by atoms with Crippen LogP contribution in [0.25, 0.3) is 0 Å². The number of benzene rings is 1. The van der Waals surface area contributed by atoms with Gasteiger partial charge in [0.25, 0.3) is 5.91 Å². The number of hydrogen-bond donors (Lipinski definition) is 2. The third kappa shape index (κ3) is 4.37. The summed E-state index contributed by atoms with van der Waals surface area (Å²) in [6.45, 7) is 5.75. The van der Waals surface area contributed by atoms with Crippen molar-refractivity contribution in [3.8, 4) is 5.75 Å². The molecule has 0 spiro atoms. The molecule has 100 valence electrons. The number of nitrogens with one attached hydrogen (secondary N) is 1. The molecule has 0 radical (unpaired) electrons. The second-order valence-electron chi connectivity index (χ2n) is 4.41. The summed E-state index contributed by atoms with van der Waals surface area (Å²) in [5, 5.41) is 11.7. The van der Waals surface area contributed by atoms with E-state index in [4.69, 9.17) is 9.84 Å². The van der Waals surface area contributed by atoms with Crippen molar-refractivity contribution in [3.05, 3.63) is 29.3 Å². The predicted octanol–water partition coefficient (Wildman–Crippen LogP) is 1.57. The molecule has 0 aliphatic heterocycles. The van der Waals surface area contributed by atoms with E-state index in [1.807, 2.05) is 39.0 Å². The first-order valence-corrected chi connectivity index (χ1v) is 6.17. The Balaban J connectivity index is 2.49. The van der Waals surface area contributed by atoms with E-state index in [0.717, 1.165) is 16.9 Å². The topological polar surface area (TPSA) is 58.6 Å². The third-order valence-electron chi connectivity index (χ3n) is 2.78. The highest BCUT2D eigenvalue weighted by Crippen LogP contribution is 2.18. The summed E-state index contributed by atoms with van der Waals surface area (Å²) in [5.41, 5.74) is 2.10. The van der Waals surface area contributed by atoms with Crippen LogP contribution in [0.1, 0.15) is 24.5 Å². The lowest BCUT2D eigenvalue weighted by molar-refractivity contribution is -0.124. The number of aryl methyl sites for hydroxylation is 2. The Morgan fingerprint density at radius 1 is 1.44 bits per heavy atom. The van der Waals surface area contributed by atoms with E-state index in [2.05, 4.69) is 5.32 Å². The summed E-state index contributed by atoms with van der Waals surface area (Å²) < 4.78 is 5.48. The van der Waals surface area contributed by atoms with Gasteiger partial charge in [-0.3, -0.25) is 4.79 Å². The minimum absolute atomic E-state index is 0.0270. The molecule has 1 rings (SSSR count). The van der Waals surface area contributed by atoms with Crippen LogP contribution in [-0.2, 0) is 4.79 Å². The van der Waals surface area contributed by atoms with Crippen LogP contribution in [0.2, 0.25) is 0 Å². The molecule has 0 saturated carbocycles. The third-order valence-corrected chi connectivity index (χ3v) is 2.78. The highest BCUT2D eigenvalue weighted by atomic mass is 16.5. The minimum atomic E-state index is -0.211. The molecule has 0 saturated heterocycles. The van der Waals surface area contributed by atoms with Crippen molar-refractivity contribution in [3.63, 3.8) is 0 Å². The maximum atomic E-state index is 11.6. The smallest absolute Gasteiger partial charge is 0.258 e. The largest absolute Gasteiger partial charge is 0.483 e. The van der Waals surface area contributed by atoms with Crippen molar-refractivity contribution in [2.75, 3.05) is 13.2 Å². The summed E-state index contributed by atoms with van der Waals surface area (Å²) >= 11 is 0. The number of amides is 1. The number of ether oxygens (including phenoxy) is 1. The monoisotopic (exact) mass is 251 g/mol. The Bertz CT molecular complexity index is 400. The summed E-state index contributed by atoms with van der Waals surface area (Å²) in [6, 6.07) is 5.68. The molecule has 4 nitrogen and oxygen atoms in total. The van der Waals surface area contributed by atoms with Crippen LogP contribution in [0, 0.1) is 13.8 Å². The van der Waals surface area contributed by atoms with Crippen LogP contribution >= 0.6 is 0 Å². The van der Waals surface area contributed by atoms with Crippen molar-refractivity contribution in [1.82, 2.24) is 5.32 Å². The van der Waals surface area contributed by atoms with Crippen LogP contribution < -0.4 is 10.1 Å². The van der Waals surface area contributed by atoms with Crippen molar-refractivity contribution in [2.45, 2.75) is 33.2 Å². The average Bonchev–Trinajstić information content (AvgIpc) is 2.37. The van der Waals surface area contributed by atoms with Gasteiger partial charge in [0.1, 0.15) is 5.75 Å². The summed E-state index contributed by atoms with van der Waals surface area (Å²) in [6.07, 6.45) is 0.700. The van der Waals surface area contributed by atoms with Gasteiger partial charge in [0, 0.05) is 0 Å². The molecule has 0 aromatic heterocycles. The molecule has 1 atom stereocenters. The van der Waals surface area contributed by atoms with E-state index in [9.17, 15) is 4.79 Å². The van der Waals surface area contributed by atoms with Crippen LogP contribution in [0.15, 0.2) is 18.2 Å². The fourth-order valence-corrected chi connectivity index (χ4v) is 1.55. The Morgan fingerprint density at radius 2 is 2.17 bits per heavy atom. The Morgan fingerprint density at radius 3 is 2.78 bits per heavy atom. The Kier molecular flexibility index (Phi) is 5.65. The molecular weight excluding hydrogens is 230 g/mol. The Labute approximate surface area is 108 Å². The lowest BCUT2D eigenvalue weighted by Crippen LogP contribution is -2.39. The first-order chi connectivity index (χ1) is 8.56. The molecule has 1 aromatic rings. The van der Waals surface area contributed by atoms with Gasteiger partial charge in [-0.2, -0.15) is 0 Å². The molecule has 4 heteroatoms. The number of aliphatic hydroxyl groups excluding tert-OH is 1. The second kappa shape index (κ2) is 7.01. The maximum Gasteiger partial charge on any atom is 0.258 e. The highest BCUT2D eigenvalue weighted by Gasteiger charge is 2.10. The summed E-state index contributed by atoms with van der Waals surface area (Å²) in [5.74, 6) is 0.513. The van der Waals surface area contributed by atoms with Gasteiger partial charge in [-0.05, 0) is 37.5 Å². The molecule has 18 heavy (non-hydrogen) atoms. The number of hydrogen-bond acceptors (Lipinski definition) is 3. The van der Waals surface area contributed by atoms with Gasteiger partial charge in [0.05, 0.1) is 12.6 Å². The molecule has 2 N–H and O–H groups in total. The standard InChI is InChI=1S/C14H21NO3/c1-4-12(8-16)15-14(17)9-18-13-7-10(2)5-6-11(13)3/h5-7,12,16H,4,8-9H2,1-3H3,(H,15,17)/t12-/m0/s1. The zero-order valence-corrected chi connectivity index (χ0v) is 11.2. The first-order valence-electron chi connectivity index (χ1n) is 6.17. The van der Waals surface area contributed by atoms with Crippen molar-refractivity contribution in [1.29, 1.82) is 0 Å². The molecule has 0 aliphatic carbocycles. The quantitative estimate of drug-likeness (QED) is 0.807. The number of rotatable bonds is 6. The van der Waals surface area contributed by atoms with Crippen molar-refractivity contribution in [2.24, 2.45) is 0 Å². The number of carbonyl (C=O) groups is 1. The van der Waals surface area contributed by atoms with Gasteiger partial charge in [0.2, 0.25) is 0 Å². The van der Waals surface area contributed by atoms with Crippen LogP contribution in [0.5, 0.6) is 5.75 Å². The van der Waals surface area contributed by atoms with Crippen molar-refractivity contribution < 1.29 is 14.6 Å².